The van der Waals surface area contributed by atoms with Crippen molar-refractivity contribution in [3.05, 3.63) is 65.5 Å². The van der Waals surface area contributed by atoms with Crippen LogP contribution in [-0.2, 0) is 6.42 Å². The Labute approximate surface area is 139 Å². The number of aryl methyl sites for hydroxylation is 2. The molecular weight excluding hydrogens is 302 g/mol. The van der Waals surface area contributed by atoms with Crippen molar-refractivity contribution in [2.24, 2.45) is 0 Å². The number of hydrogen-bond acceptors (Lipinski definition) is 4. The molecule has 0 radical (unpaired) electrons. The van der Waals surface area contributed by atoms with Crippen LogP contribution >= 0.6 is 0 Å². The van der Waals surface area contributed by atoms with Crippen molar-refractivity contribution in [3.63, 3.8) is 0 Å². The summed E-state index contributed by atoms with van der Waals surface area (Å²) in [5.74, 6) is 0.00901. The first-order valence-corrected chi connectivity index (χ1v) is 7.97. The van der Waals surface area contributed by atoms with Gasteiger partial charge in [0.25, 0.3) is 5.91 Å². The fraction of sp³-hybridized carbons (Fsp3) is 0.222. The molecule has 1 amide bonds. The van der Waals surface area contributed by atoms with Crippen molar-refractivity contribution in [3.8, 4) is 5.69 Å². The van der Waals surface area contributed by atoms with Gasteiger partial charge in [-0.1, -0.05) is 23.8 Å². The van der Waals surface area contributed by atoms with Crippen molar-refractivity contribution in [2.45, 2.75) is 19.8 Å². The minimum absolute atomic E-state index is 0.00901. The number of anilines is 1. The Bertz CT molecular complexity index is 888. The summed E-state index contributed by atoms with van der Waals surface area (Å²) in [7, 11) is 0. The zero-order valence-electron chi connectivity index (χ0n) is 13.4. The molecule has 1 aliphatic heterocycles. The minimum atomic E-state index is 0.00901. The molecular formula is C18H17N5O. The van der Waals surface area contributed by atoms with Gasteiger partial charge < -0.3 is 4.90 Å². The van der Waals surface area contributed by atoms with Gasteiger partial charge in [0.2, 0.25) is 0 Å². The van der Waals surface area contributed by atoms with Gasteiger partial charge in [-0.15, -0.1) is 5.10 Å². The standard InChI is InChI=1S/C18H17N5O/c1-13-7-8-17-14(10-13)5-3-9-22(17)18(24)15-4-2-6-16(11-15)23-12-19-20-21-23/h2,4,6-8,10-12H,3,5,9H2,1H3. The van der Waals surface area contributed by atoms with Crippen molar-refractivity contribution in [1.82, 2.24) is 20.2 Å². The van der Waals surface area contributed by atoms with Crippen LogP contribution in [-0.4, -0.2) is 32.7 Å². The van der Waals surface area contributed by atoms with Gasteiger partial charge in [0.1, 0.15) is 6.33 Å². The third-order valence-electron chi connectivity index (χ3n) is 4.31. The largest absolute Gasteiger partial charge is 0.308 e. The number of nitrogens with zero attached hydrogens (tertiary/aromatic N) is 5. The fourth-order valence-electron chi connectivity index (χ4n) is 3.15. The molecule has 0 unspecified atom stereocenters. The van der Waals surface area contributed by atoms with Gasteiger partial charge in [-0.2, -0.15) is 0 Å². The van der Waals surface area contributed by atoms with E-state index in [9.17, 15) is 4.79 Å². The van der Waals surface area contributed by atoms with Gasteiger partial charge in [-0.25, -0.2) is 4.68 Å². The summed E-state index contributed by atoms with van der Waals surface area (Å²) >= 11 is 0. The second-order valence-electron chi connectivity index (χ2n) is 6.00. The third-order valence-corrected chi connectivity index (χ3v) is 4.31. The highest BCUT2D eigenvalue weighted by atomic mass is 16.2. The van der Waals surface area contributed by atoms with Crippen molar-refractivity contribution in [1.29, 1.82) is 0 Å². The van der Waals surface area contributed by atoms with E-state index in [1.54, 1.807) is 4.68 Å². The van der Waals surface area contributed by atoms with Gasteiger partial charge in [0, 0.05) is 17.8 Å². The predicted molar refractivity (Wildman–Crippen MR) is 90.3 cm³/mol. The molecule has 1 aliphatic rings. The van der Waals surface area contributed by atoms with Gasteiger partial charge in [-0.3, -0.25) is 4.79 Å². The van der Waals surface area contributed by atoms with E-state index in [1.165, 1.54) is 17.5 Å². The van der Waals surface area contributed by atoms with Crippen LogP contribution in [0.2, 0.25) is 0 Å². The molecule has 6 nitrogen and oxygen atoms in total. The van der Waals surface area contributed by atoms with Crippen LogP contribution in [0.3, 0.4) is 0 Å². The summed E-state index contributed by atoms with van der Waals surface area (Å²) in [6.07, 6.45) is 3.52. The number of hydrogen-bond donors (Lipinski definition) is 0. The molecule has 2 aromatic carbocycles. The van der Waals surface area contributed by atoms with E-state index in [0.717, 1.165) is 30.8 Å². The number of aromatic nitrogens is 4. The van der Waals surface area contributed by atoms with E-state index >= 15 is 0 Å². The normalized spacial score (nSPS) is 13.6. The second-order valence-corrected chi connectivity index (χ2v) is 6.00. The molecule has 24 heavy (non-hydrogen) atoms. The van der Waals surface area contributed by atoms with Crippen LogP contribution in [0.15, 0.2) is 48.8 Å². The van der Waals surface area contributed by atoms with Crippen molar-refractivity contribution in [2.75, 3.05) is 11.4 Å². The lowest BCUT2D eigenvalue weighted by atomic mass is 9.99. The number of fused-ring (bicyclic) bond motifs is 1. The van der Waals surface area contributed by atoms with Gasteiger partial charge in [0.15, 0.2) is 0 Å². The van der Waals surface area contributed by atoms with E-state index in [0.29, 0.717) is 5.56 Å². The predicted octanol–water partition coefficient (Wildman–Crippen LogP) is 2.56. The smallest absolute Gasteiger partial charge is 0.258 e. The van der Waals surface area contributed by atoms with Gasteiger partial charge in [0.05, 0.1) is 5.69 Å². The quantitative estimate of drug-likeness (QED) is 0.728. The SMILES string of the molecule is Cc1ccc2c(c1)CCCN2C(=O)c1cccc(-n2cnnn2)c1. The number of carbonyl (C=O) groups excluding carboxylic acids is 1. The molecule has 0 bridgehead atoms. The van der Waals surface area contributed by atoms with E-state index in [4.69, 9.17) is 0 Å². The molecule has 0 fully saturated rings. The van der Waals surface area contributed by atoms with E-state index < -0.39 is 0 Å². The molecule has 2 heterocycles. The Morgan fingerprint density at radius 3 is 2.92 bits per heavy atom. The topological polar surface area (TPSA) is 63.9 Å². The number of benzene rings is 2. The molecule has 4 rings (SSSR count). The van der Waals surface area contributed by atoms with Crippen LogP contribution in [0.1, 0.15) is 27.9 Å². The molecule has 1 aromatic heterocycles. The zero-order valence-corrected chi connectivity index (χ0v) is 13.4. The Kier molecular flexibility index (Phi) is 3.57. The Morgan fingerprint density at radius 2 is 2.08 bits per heavy atom. The zero-order chi connectivity index (χ0) is 16.5. The van der Waals surface area contributed by atoms with Crippen LogP contribution in [0.25, 0.3) is 5.69 Å². The van der Waals surface area contributed by atoms with Crippen molar-refractivity contribution < 1.29 is 4.79 Å². The Balaban J connectivity index is 1.69. The average Bonchev–Trinajstić information content (AvgIpc) is 3.15. The van der Waals surface area contributed by atoms with Crippen molar-refractivity contribution >= 4 is 11.6 Å². The van der Waals surface area contributed by atoms with E-state index in [1.807, 2.05) is 35.2 Å². The molecule has 0 aliphatic carbocycles. The maximum Gasteiger partial charge on any atom is 0.258 e. The monoisotopic (exact) mass is 319 g/mol. The van der Waals surface area contributed by atoms with E-state index in [-0.39, 0.29) is 5.91 Å². The first-order valence-electron chi connectivity index (χ1n) is 7.97. The summed E-state index contributed by atoms with van der Waals surface area (Å²) in [6, 6.07) is 13.7. The summed E-state index contributed by atoms with van der Waals surface area (Å²) in [5, 5.41) is 11.2. The number of amides is 1. The number of tetrazole rings is 1. The Hall–Kier alpha value is -3.02. The first kappa shape index (κ1) is 14.6. The maximum absolute atomic E-state index is 13.0. The molecule has 120 valence electrons. The minimum Gasteiger partial charge on any atom is -0.308 e. The van der Waals surface area contributed by atoms with Crippen LogP contribution in [0, 0.1) is 6.92 Å². The first-order chi connectivity index (χ1) is 11.7. The molecule has 0 saturated carbocycles. The lowest BCUT2D eigenvalue weighted by Gasteiger charge is -2.30. The Morgan fingerprint density at radius 1 is 1.17 bits per heavy atom. The van der Waals surface area contributed by atoms with Crippen LogP contribution in [0.5, 0.6) is 0 Å². The molecule has 0 saturated heterocycles. The van der Waals surface area contributed by atoms with Gasteiger partial charge >= 0.3 is 0 Å². The lowest BCUT2D eigenvalue weighted by molar-refractivity contribution is 0.0985. The van der Waals surface area contributed by atoms with Crippen LogP contribution in [0.4, 0.5) is 5.69 Å². The summed E-state index contributed by atoms with van der Waals surface area (Å²) in [6.45, 7) is 2.82. The molecule has 0 atom stereocenters. The second kappa shape index (κ2) is 5.88. The fourth-order valence-corrected chi connectivity index (χ4v) is 3.15. The highest BCUT2D eigenvalue weighted by Crippen LogP contribution is 2.29. The number of rotatable bonds is 2. The summed E-state index contributed by atoms with van der Waals surface area (Å²) in [5.41, 5.74) is 4.89. The molecule has 0 N–H and O–H groups in total. The lowest BCUT2D eigenvalue weighted by Crippen LogP contribution is -2.35. The summed E-state index contributed by atoms with van der Waals surface area (Å²) < 4.78 is 1.55. The third kappa shape index (κ3) is 2.56. The highest BCUT2D eigenvalue weighted by molar-refractivity contribution is 6.07. The average molecular weight is 319 g/mol. The molecule has 0 spiro atoms. The summed E-state index contributed by atoms with van der Waals surface area (Å²) in [4.78, 5) is 14.9. The maximum atomic E-state index is 13.0. The van der Waals surface area contributed by atoms with E-state index in [2.05, 4.69) is 34.6 Å². The number of carbonyl (C=O) groups is 1. The molecule has 6 heteroatoms. The highest BCUT2D eigenvalue weighted by Gasteiger charge is 2.23. The van der Waals surface area contributed by atoms with Crippen LogP contribution < -0.4 is 4.90 Å². The molecule has 3 aromatic rings. The van der Waals surface area contributed by atoms with Gasteiger partial charge in [-0.05, 0) is 60.0 Å².